The zero-order chi connectivity index (χ0) is 15.4. The summed E-state index contributed by atoms with van der Waals surface area (Å²) in [7, 11) is 0. The molecule has 0 heterocycles. The Hall–Kier alpha value is -1.75. The lowest BCUT2D eigenvalue weighted by Crippen LogP contribution is -2.20. The molecule has 0 amide bonds. The average Bonchev–Trinajstić information content (AvgIpc) is 2.45. The third-order valence-electron chi connectivity index (χ3n) is 3.27. The molecular weight excluding hydrogens is 342 g/mol. The van der Waals surface area contributed by atoms with E-state index in [4.69, 9.17) is 0 Å². The number of halogens is 3. The number of carboxylic acids is 1. The van der Waals surface area contributed by atoms with Crippen LogP contribution in [0.25, 0.3) is 0 Å². The molecule has 0 radical (unpaired) electrons. The van der Waals surface area contributed by atoms with Gasteiger partial charge in [-0.1, -0.05) is 46.3 Å². The summed E-state index contributed by atoms with van der Waals surface area (Å²) in [6.45, 7) is 0. The summed E-state index contributed by atoms with van der Waals surface area (Å²) in [6.07, 6.45) is 0.187. The van der Waals surface area contributed by atoms with Crippen molar-refractivity contribution in [3.05, 3.63) is 69.7 Å². The Labute approximate surface area is 129 Å². The first-order valence-corrected chi connectivity index (χ1v) is 7.17. The first-order valence-electron chi connectivity index (χ1n) is 6.38. The molecule has 0 aliphatic heterocycles. The molecule has 0 aromatic heterocycles. The van der Waals surface area contributed by atoms with E-state index in [-0.39, 0.29) is 18.4 Å². The van der Waals surface area contributed by atoms with E-state index in [1.807, 2.05) is 24.3 Å². The Morgan fingerprint density at radius 3 is 2.33 bits per heavy atom. The van der Waals surface area contributed by atoms with Gasteiger partial charge in [0.25, 0.3) is 0 Å². The van der Waals surface area contributed by atoms with Crippen LogP contribution in [-0.4, -0.2) is 11.1 Å². The molecule has 0 spiro atoms. The standard InChI is InChI=1S/C16H13BrF2O2/c17-13-6-2-1-4-10(13)8-12(16(20)21)9-11-5-3-7-14(18)15(11)19/h1-7,12H,8-9H2,(H,20,21). The molecule has 0 bridgehead atoms. The molecule has 0 fully saturated rings. The largest absolute Gasteiger partial charge is 0.481 e. The highest BCUT2D eigenvalue weighted by Gasteiger charge is 2.22. The van der Waals surface area contributed by atoms with Gasteiger partial charge in [-0.3, -0.25) is 4.79 Å². The van der Waals surface area contributed by atoms with Crippen molar-refractivity contribution in [2.75, 3.05) is 0 Å². The molecule has 2 nitrogen and oxygen atoms in total. The summed E-state index contributed by atoms with van der Waals surface area (Å²) < 4.78 is 27.7. The highest BCUT2D eigenvalue weighted by Crippen LogP contribution is 2.23. The fourth-order valence-electron chi connectivity index (χ4n) is 2.15. The first-order chi connectivity index (χ1) is 9.99. The molecule has 2 rings (SSSR count). The summed E-state index contributed by atoms with van der Waals surface area (Å²) in [5, 5.41) is 9.32. The highest BCUT2D eigenvalue weighted by atomic mass is 79.9. The Morgan fingerprint density at radius 2 is 1.67 bits per heavy atom. The van der Waals surface area contributed by atoms with E-state index in [0.29, 0.717) is 0 Å². The van der Waals surface area contributed by atoms with Crippen molar-refractivity contribution in [1.82, 2.24) is 0 Å². The second-order valence-electron chi connectivity index (χ2n) is 4.75. The van der Waals surface area contributed by atoms with Gasteiger partial charge in [-0.25, -0.2) is 8.78 Å². The normalized spacial score (nSPS) is 12.1. The Balaban J connectivity index is 2.22. The van der Waals surface area contributed by atoms with Crippen molar-refractivity contribution in [2.45, 2.75) is 12.8 Å². The second kappa shape index (κ2) is 6.80. The summed E-state index contributed by atoms with van der Waals surface area (Å²) in [5.41, 5.74) is 0.899. The second-order valence-corrected chi connectivity index (χ2v) is 5.60. The smallest absolute Gasteiger partial charge is 0.307 e. The molecule has 2 aromatic carbocycles. The van der Waals surface area contributed by atoms with Crippen LogP contribution in [0.5, 0.6) is 0 Å². The van der Waals surface area contributed by atoms with Gasteiger partial charge in [0, 0.05) is 4.47 Å². The minimum atomic E-state index is -1.03. The van der Waals surface area contributed by atoms with Crippen molar-refractivity contribution in [2.24, 2.45) is 5.92 Å². The van der Waals surface area contributed by atoms with Gasteiger partial charge >= 0.3 is 5.97 Å². The molecule has 0 saturated heterocycles. The number of rotatable bonds is 5. The van der Waals surface area contributed by atoms with Gasteiger partial charge in [0.15, 0.2) is 11.6 Å². The zero-order valence-electron chi connectivity index (χ0n) is 11.0. The molecule has 0 aliphatic carbocycles. The number of hydrogen-bond acceptors (Lipinski definition) is 1. The number of benzene rings is 2. The van der Waals surface area contributed by atoms with Gasteiger partial charge in [-0.2, -0.15) is 0 Å². The van der Waals surface area contributed by atoms with Gasteiger partial charge in [-0.15, -0.1) is 0 Å². The fraction of sp³-hybridized carbons (Fsp3) is 0.188. The summed E-state index contributed by atoms with van der Waals surface area (Å²) in [6, 6.07) is 11.1. The molecule has 21 heavy (non-hydrogen) atoms. The van der Waals surface area contributed by atoms with E-state index in [1.54, 1.807) is 0 Å². The quantitative estimate of drug-likeness (QED) is 0.872. The van der Waals surface area contributed by atoms with Gasteiger partial charge in [0.1, 0.15) is 0 Å². The van der Waals surface area contributed by atoms with Crippen molar-refractivity contribution in [3.8, 4) is 0 Å². The lowest BCUT2D eigenvalue weighted by Gasteiger charge is -2.14. The third kappa shape index (κ3) is 3.88. The summed E-state index contributed by atoms with van der Waals surface area (Å²) >= 11 is 3.36. The average molecular weight is 355 g/mol. The molecule has 110 valence electrons. The van der Waals surface area contributed by atoms with Crippen LogP contribution in [-0.2, 0) is 17.6 Å². The lowest BCUT2D eigenvalue weighted by molar-refractivity contribution is -0.141. The molecule has 0 aliphatic rings. The van der Waals surface area contributed by atoms with E-state index in [1.165, 1.54) is 12.1 Å². The van der Waals surface area contributed by atoms with Crippen LogP contribution in [0.4, 0.5) is 8.78 Å². The van der Waals surface area contributed by atoms with E-state index in [2.05, 4.69) is 15.9 Å². The number of aliphatic carboxylic acids is 1. The van der Waals surface area contributed by atoms with Crippen LogP contribution in [0, 0.1) is 17.6 Å². The Bertz CT molecular complexity index is 658. The van der Waals surface area contributed by atoms with Gasteiger partial charge < -0.3 is 5.11 Å². The predicted octanol–water partition coefficient (Wildman–Crippen LogP) is 4.21. The van der Waals surface area contributed by atoms with Crippen LogP contribution in [0.1, 0.15) is 11.1 Å². The molecule has 1 unspecified atom stereocenters. The van der Waals surface area contributed by atoms with Crippen LogP contribution in [0.3, 0.4) is 0 Å². The molecule has 2 aromatic rings. The van der Waals surface area contributed by atoms with Crippen molar-refractivity contribution < 1.29 is 18.7 Å². The van der Waals surface area contributed by atoms with Gasteiger partial charge in [0.2, 0.25) is 0 Å². The molecule has 0 saturated carbocycles. The minimum absolute atomic E-state index is 0.0553. The monoisotopic (exact) mass is 354 g/mol. The zero-order valence-corrected chi connectivity index (χ0v) is 12.6. The van der Waals surface area contributed by atoms with Crippen LogP contribution < -0.4 is 0 Å². The highest BCUT2D eigenvalue weighted by molar-refractivity contribution is 9.10. The summed E-state index contributed by atoms with van der Waals surface area (Å²) in [5.74, 6) is -3.79. The van der Waals surface area contributed by atoms with Crippen LogP contribution in [0.2, 0.25) is 0 Å². The maximum absolute atomic E-state index is 13.7. The Kier molecular flexibility index (Phi) is 5.07. The number of hydrogen-bond donors (Lipinski definition) is 1. The number of carboxylic acid groups (broad SMARTS) is 1. The maximum Gasteiger partial charge on any atom is 0.307 e. The topological polar surface area (TPSA) is 37.3 Å². The van der Waals surface area contributed by atoms with Gasteiger partial charge in [-0.05, 0) is 36.1 Å². The van der Waals surface area contributed by atoms with E-state index in [9.17, 15) is 18.7 Å². The number of carbonyl (C=O) groups is 1. The van der Waals surface area contributed by atoms with E-state index in [0.717, 1.165) is 16.1 Å². The third-order valence-corrected chi connectivity index (χ3v) is 4.04. The molecule has 5 heteroatoms. The van der Waals surface area contributed by atoms with Crippen LogP contribution >= 0.6 is 15.9 Å². The van der Waals surface area contributed by atoms with E-state index < -0.39 is 23.5 Å². The van der Waals surface area contributed by atoms with Crippen molar-refractivity contribution >= 4 is 21.9 Å². The van der Waals surface area contributed by atoms with Crippen LogP contribution in [0.15, 0.2) is 46.9 Å². The van der Waals surface area contributed by atoms with Crippen molar-refractivity contribution in [1.29, 1.82) is 0 Å². The predicted molar refractivity (Wildman–Crippen MR) is 79.0 cm³/mol. The SMILES string of the molecule is O=C(O)C(Cc1ccccc1Br)Cc1cccc(F)c1F. The van der Waals surface area contributed by atoms with Crippen molar-refractivity contribution in [3.63, 3.8) is 0 Å². The Morgan fingerprint density at radius 1 is 1.05 bits per heavy atom. The molecule has 1 N–H and O–H groups in total. The van der Waals surface area contributed by atoms with Gasteiger partial charge in [0.05, 0.1) is 5.92 Å². The first kappa shape index (κ1) is 15.6. The maximum atomic E-state index is 13.7. The molecule has 1 atom stereocenters. The van der Waals surface area contributed by atoms with E-state index >= 15 is 0 Å². The summed E-state index contributed by atoms with van der Waals surface area (Å²) in [4.78, 5) is 11.4. The lowest BCUT2D eigenvalue weighted by atomic mass is 9.92. The fourth-order valence-corrected chi connectivity index (χ4v) is 2.59. The molecular formula is C16H13BrF2O2. The minimum Gasteiger partial charge on any atom is -0.481 e.